The smallest absolute Gasteiger partial charge is 0.323 e. The Morgan fingerprint density at radius 3 is 2.12 bits per heavy atom. The molecule has 0 aromatic rings. The van der Waals surface area contributed by atoms with Crippen molar-refractivity contribution in [2.24, 2.45) is 5.92 Å². The van der Waals surface area contributed by atoms with Crippen LogP contribution in [0.2, 0.25) is 0 Å². The van der Waals surface area contributed by atoms with E-state index < -0.39 is 6.04 Å². The summed E-state index contributed by atoms with van der Waals surface area (Å²) in [5, 5.41) is 3.29. The zero-order valence-electron chi connectivity index (χ0n) is 16.6. The van der Waals surface area contributed by atoms with Crippen LogP contribution in [-0.2, 0) is 14.3 Å². The van der Waals surface area contributed by atoms with Crippen molar-refractivity contribution in [3.05, 3.63) is 12.7 Å². The van der Waals surface area contributed by atoms with E-state index in [0.717, 1.165) is 13.0 Å². The molecule has 4 nitrogen and oxygen atoms in total. The molecular weight excluding hydrogens is 314 g/mol. The average molecular weight is 354 g/mol. The van der Waals surface area contributed by atoms with Gasteiger partial charge in [0.25, 0.3) is 0 Å². The van der Waals surface area contributed by atoms with Crippen LogP contribution in [0.1, 0.15) is 85.0 Å². The molecule has 0 radical (unpaired) electrons. The highest BCUT2D eigenvalue weighted by molar-refractivity contribution is 5.79. The average Bonchev–Trinajstić information content (AvgIpc) is 2.57. The van der Waals surface area contributed by atoms with Crippen LogP contribution in [0.4, 0.5) is 0 Å². The van der Waals surface area contributed by atoms with E-state index in [0.29, 0.717) is 6.42 Å². The van der Waals surface area contributed by atoms with Gasteiger partial charge in [0.1, 0.15) is 18.4 Å². The Hall–Kier alpha value is -1.16. The molecule has 0 aromatic carbocycles. The van der Waals surface area contributed by atoms with Gasteiger partial charge in [-0.1, -0.05) is 77.9 Å². The third-order valence-electron chi connectivity index (χ3n) is 4.42. The van der Waals surface area contributed by atoms with Crippen LogP contribution in [0.15, 0.2) is 12.7 Å². The van der Waals surface area contributed by atoms with Gasteiger partial charge >= 0.3 is 5.97 Å². The highest BCUT2D eigenvalue weighted by Crippen LogP contribution is 2.12. The molecule has 2 unspecified atom stereocenters. The van der Waals surface area contributed by atoms with E-state index >= 15 is 0 Å². The molecule has 146 valence electrons. The number of esters is 1. The second-order valence-corrected chi connectivity index (χ2v) is 7.06. The number of rotatable bonds is 17. The number of hydrogen-bond donors (Lipinski definition) is 1. The lowest BCUT2D eigenvalue weighted by Crippen LogP contribution is -2.44. The summed E-state index contributed by atoms with van der Waals surface area (Å²) in [6.45, 7) is 10.3. The van der Waals surface area contributed by atoms with E-state index in [1.807, 2.05) is 6.92 Å². The van der Waals surface area contributed by atoms with E-state index in [1.165, 1.54) is 51.4 Å². The van der Waals surface area contributed by atoms with Crippen molar-refractivity contribution < 1.29 is 14.3 Å². The molecule has 0 aliphatic carbocycles. The fourth-order valence-electron chi connectivity index (χ4n) is 3.01. The van der Waals surface area contributed by atoms with Gasteiger partial charge < -0.3 is 14.8 Å². The fourth-order valence-corrected chi connectivity index (χ4v) is 3.01. The Morgan fingerprint density at radius 1 is 1.04 bits per heavy atom. The third-order valence-corrected chi connectivity index (χ3v) is 4.42. The number of carbonyl (C=O) groups excluding carboxylic acids is 2. The molecule has 0 amide bonds. The van der Waals surface area contributed by atoms with Crippen LogP contribution < -0.4 is 5.32 Å². The number of hydrogen-bond acceptors (Lipinski definition) is 4. The molecule has 0 rings (SSSR count). The minimum Gasteiger partial charge on any atom is -0.460 e. The molecule has 0 aliphatic heterocycles. The summed E-state index contributed by atoms with van der Waals surface area (Å²) in [6.07, 6.45) is 13.4. The number of carbonyl (C=O) groups is 2. The molecule has 25 heavy (non-hydrogen) atoms. The summed E-state index contributed by atoms with van der Waals surface area (Å²) in [5.74, 6) is -0.253. The summed E-state index contributed by atoms with van der Waals surface area (Å²) < 4.78 is 5.17. The van der Waals surface area contributed by atoms with Gasteiger partial charge in [-0.25, -0.2) is 0 Å². The number of ether oxygens (including phenoxy) is 1. The lowest BCUT2D eigenvalue weighted by Gasteiger charge is -2.22. The maximum atomic E-state index is 12.2. The third kappa shape index (κ3) is 13.8. The summed E-state index contributed by atoms with van der Waals surface area (Å²) in [6, 6.07) is -0.419. The molecule has 0 saturated carbocycles. The van der Waals surface area contributed by atoms with E-state index in [2.05, 4.69) is 18.8 Å². The number of nitrogens with one attached hydrogen (secondary N) is 1. The van der Waals surface area contributed by atoms with E-state index in [1.54, 1.807) is 13.0 Å². The first-order valence-electron chi connectivity index (χ1n) is 10.0. The molecular formula is C21H39NO3. The quantitative estimate of drug-likeness (QED) is 0.231. The van der Waals surface area contributed by atoms with Crippen LogP contribution >= 0.6 is 0 Å². The largest absolute Gasteiger partial charge is 0.460 e. The minimum absolute atomic E-state index is 0.0617. The van der Waals surface area contributed by atoms with Crippen molar-refractivity contribution >= 4 is 11.8 Å². The van der Waals surface area contributed by atoms with Gasteiger partial charge in [0, 0.05) is 6.42 Å². The number of unbranched alkanes of at least 4 members (excludes halogenated alkanes) is 8. The maximum absolute atomic E-state index is 12.2. The second kappa shape index (κ2) is 16.3. The second-order valence-electron chi connectivity index (χ2n) is 7.06. The van der Waals surface area contributed by atoms with Gasteiger partial charge in [-0.3, -0.25) is 4.79 Å². The monoisotopic (exact) mass is 353 g/mol. The Bertz CT molecular complexity index is 368. The zero-order valence-corrected chi connectivity index (χ0v) is 16.6. The SMILES string of the molecule is C=CCOC(=O)C(NCCCCCCCCCCC)C(C)CC(C)=O. The minimum atomic E-state index is -0.419. The molecule has 4 heteroatoms. The van der Waals surface area contributed by atoms with Crippen LogP contribution in [0, 0.1) is 5.92 Å². The number of ketones is 1. The van der Waals surface area contributed by atoms with Gasteiger partial charge in [0.15, 0.2) is 0 Å². The first-order valence-corrected chi connectivity index (χ1v) is 10.0. The molecule has 0 aliphatic rings. The predicted octanol–water partition coefficient (Wildman–Crippen LogP) is 4.82. The molecule has 0 aromatic heterocycles. The van der Waals surface area contributed by atoms with Crippen LogP contribution in [0.25, 0.3) is 0 Å². The lowest BCUT2D eigenvalue weighted by atomic mass is 9.96. The van der Waals surface area contributed by atoms with E-state index in [-0.39, 0.29) is 24.3 Å². The van der Waals surface area contributed by atoms with Gasteiger partial charge in [-0.15, -0.1) is 0 Å². The Kier molecular flexibility index (Phi) is 15.6. The predicted molar refractivity (Wildman–Crippen MR) is 105 cm³/mol. The van der Waals surface area contributed by atoms with Gasteiger partial charge in [-0.05, 0) is 25.8 Å². The standard InChI is InChI=1S/C21H39NO3/c1-5-7-8-9-10-11-12-13-14-15-22-20(18(3)17-19(4)23)21(24)25-16-6-2/h6,18,20,22H,2,5,7-17H2,1,3-4H3. The Labute approximate surface area is 154 Å². The van der Waals surface area contributed by atoms with Crippen molar-refractivity contribution in [3.8, 4) is 0 Å². The van der Waals surface area contributed by atoms with Crippen molar-refractivity contribution in [2.75, 3.05) is 13.2 Å². The fraction of sp³-hybridized carbons (Fsp3) is 0.810. The van der Waals surface area contributed by atoms with Crippen molar-refractivity contribution in [1.82, 2.24) is 5.32 Å². The van der Waals surface area contributed by atoms with Crippen molar-refractivity contribution in [2.45, 2.75) is 91.0 Å². The van der Waals surface area contributed by atoms with Gasteiger partial charge in [-0.2, -0.15) is 0 Å². The highest BCUT2D eigenvalue weighted by Gasteiger charge is 2.26. The Morgan fingerprint density at radius 2 is 1.60 bits per heavy atom. The Balaban J connectivity index is 3.99. The highest BCUT2D eigenvalue weighted by atomic mass is 16.5. The lowest BCUT2D eigenvalue weighted by molar-refractivity contribution is -0.146. The molecule has 0 bridgehead atoms. The summed E-state index contributed by atoms with van der Waals surface area (Å²) in [7, 11) is 0. The maximum Gasteiger partial charge on any atom is 0.323 e. The van der Waals surface area contributed by atoms with Crippen molar-refractivity contribution in [3.63, 3.8) is 0 Å². The van der Waals surface area contributed by atoms with E-state index in [9.17, 15) is 9.59 Å². The number of Topliss-reactive ketones (excluding diaryl/α,β-unsaturated/α-hetero) is 1. The van der Waals surface area contributed by atoms with Crippen molar-refractivity contribution in [1.29, 1.82) is 0 Å². The first kappa shape index (κ1) is 23.8. The molecule has 0 spiro atoms. The normalized spacial score (nSPS) is 13.2. The molecule has 0 fully saturated rings. The van der Waals surface area contributed by atoms with E-state index in [4.69, 9.17) is 4.74 Å². The topological polar surface area (TPSA) is 55.4 Å². The molecule has 2 atom stereocenters. The molecule has 0 heterocycles. The summed E-state index contributed by atoms with van der Waals surface area (Å²) in [4.78, 5) is 23.5. The van der Waals surface area contributed by atoms with Crippen LogP contribution in [0.5, 0.6) is 0 Å². The summed E-state index contributed by atoms with van der Waals surface area (Å²) in [5.41, 5.74) is 0. The summed E-state index contributed by atoms with van der Waals surface area (Å²) >= 11 is 0. The first-order chi connectivity index (χ1) is 12.0. The van der Waals surface area contributed by atoms with Gasteiger partial charge in [0.05, 0.1) is 0 Å². The van der Waals surface area contributed by atoms with Crippen LogP contribution in [0.3, 0.4) is 0 Å². The zero-order chi connectivity index (χ0) is 18.9. The molecule has 0 saturated heterocycles. The van der Waals surface area contributed by atoms with Gasteiger partial charge in [0.2, 0.25) is 0 Å². The van der Waals surface area contributed by atoms with Crippen LogP contribution in [-0.4, -0.2) is 30.9 Å². The molecule has 1 N–H and O–H groups in total.